The van der Waals surface area contributed by atoms with E-state index in [9.17, 15) is 13.2 Å². The third-order valence-corrected chi connectivity index (χ3v) is 5.46. The average Bonchev–Trinajstić information content (AvgIpc) is 2.86. The number of benzene rings is 1. The molecule has 1 unspecified atom stereocenters. The Morgan fingerprint density at radius 2 is 2.00 bits per heavy atom. The average molecular weight is 351 g/mol. The van der Waals surface area contributed by atoms with Crippen molar-refractivity contribution in [1.82, 2.24) is 14.5 Å². The molecule has 0 aliphatic rings. The molecule has 1 aromatic carbocycles. The molecule has 0 radical (unpaired) electrons. The molecule has 7 nitrogen and oxygen atoms in total. The van der Waals surface area contributed by atoms with Gasteiger partial charge < -0.3 is 5.11 Å². The van der Waals surface area contributed by atoms with Crippen LogP contribution in [0.3, 0.4) is 0 Å². The van der Waals surface area contributed by atoms with Crippen molar-refractivity contribution < 1.29 is 18.3 Å². The van der Waals surface area contributed by atoms with Gasteiger partial charge in [-0.3, -0.25) is 9.48 Å². The van der Waals surface area contributed by atoms with Crippen molar-refractivity contribution >= 4 is 16.0 Å². The normalized spacial score (nSPS) is 12.9. The summed E-state index contributed by atoms with van der Waals surface area (Å²) in [4.78, 5) is 11.0. The van der Waals surface area contributed by atoms with Crippen molar-refractivity contribution in [3.05, 3.63) is 47.8 Å². The predicted molar refractivity (Wildman–Crippen MR) is 89.1 cm³/mol. The van der Waals surface area contributed by atoms with Crippen LogP contribution in [0.4, 0.5) is 0 Å². The summed E-state index contributed by atoms with van der Waals surface area (Å²) in [5, 5.41) is 12.9. The maximum atomic E-state index is 12.6. The second-order valence-corrected chi connectivity index (χ2v) is 7.34. The fraction of sp³-hybridized carbons (Fsp3) is 0.375. The number of carbonyl (C=O) groups is 1. The SMILES string of the molecule is Cc1c(S(=O)(=O)NC(CCC(=O)O)Cc2ccccc2)cnn1C. The van der Waals surface area contributed by atoms with Crippen LogP contribution < -0.4 is 4.72 Å². The quantitative estimate of drug-likeness (QED) is 0.750. The number of aryl methyl sites for hydroxylation is 1. The van der Waals surface area contributed by atoms with E-state index in [2.05, 4.69) is 9.82 Å². The standard InChI is InChI=1S/C16H21N3O4S/c1-12-15(11-17-19(12)2)24(22,23)18-14(8-9-16(20)21)10-13-6-4-3-5-7-13/h3-7,11,14,18H,8-10H2,1-2H3,(H,20,21). The van der Waals surface area contributed by atoms with Gasteiger partial charge in [0.15, 0.2) is 0 Å². The Kier molecular flexibility index (Phi) is 5.74. The van der Waals surface area contributed by atoms with Gasteiger partial charge >= 0.3 is 5.97 Å². The van der Waals surface area contributed by atoms with E-state index in [1.54, 1.807) is 14.0 Å². The molecular weight excluding hydrogens is 330 g/mol. The van der Waals surface area contributed by atoms with Gasteiger partial charge in [0.2, 0.25) is 10.0 Å². The van der Waals surface area contributed by atoms with Crippen LogP contribution in [-0.2, 0) is 28.3 Å². The Labute approximate surface area is 141 Å². The molecule has 0 spiro atoms. The molecule has 0 aliphatic carbocycles. The lowest BCUT2D eigenvalue weighted by Gasteiger charge is -2.18. The molecule has 8 heteroatoms. The molecule has 0 amide bonds. The third kappa shape index (κ3) is 4.65. The second kappa shape index (κ2) is 7.59. The molecule has 2 N–H and O–H groups in total. The number of aromatic nitrogens is 2. The van der Waals surface area contributed by atoms with E-state index in [4.69, 9.17) is 5.11 Å². The van der Waals surface area contributed by atoms with Gasteiger partial charge in [0.25, 0.3) is 0 Å². The second-order valence-electron chi connectivity index (χ2n) is 5.66. The van der Waals surface area contributed by atoms with Crippen LogP contribution in [0.1, 0.15) is 24.1 Å². The Morgan fingerprint density at radius 1 is 1.33 bits per heavy atom. The van der Waals surface area contributed by atoms with Gasteiger partial charge in [-0.25, -0.2) is 13.1 Å². The molecular formula is C16H21N3O4S. The van der Waals surface area contributed by atoms with E-state index in [0.717, 1.165) is 5.56 Å². The van der Waals surface area contributed by atoms with Crippen LogP contribution in [0.2, 0.25) is 0 Å². The highest BCUT2D eigenvalue weighted by atomic mass is 32.2. The first-order chi connectivity index (χ1) is 11.3. The zero-order valence-corrected chi connectivity index (χ0v) is 14.5. The van der Waals surface area contributed by atoms with Crippen molar-refractivity contribution in [2.75, 3.05) is 0 Å². The zero-order chi connectivity index (χ0) is 17.7. The third-order valence-electron chi connectivity index (χ3n) is 3.83. The minimum atomic E-state index is -3.76. The Morgan fingerprint density at radius 3 is 2.54 bits per heavy atom. The number of carboxylic acids is 1. The van der Waals surface area contributed by atoms with Crippen molar-refractivity contribution in [3.63, 3.8) is 0 Å². The first-order valence-electron chi connectivity index (χ1n) is 7.56. The van der Waals surface area contributed by atoms with E-state index in [0.29, 0.717) is 12.1 Å². The van der Waals surface area contributed by atoms with Gasteiger partial charge in [-0.15, -0.1) is 0 Å². The highest BCUT2D eigenvalue weighted by molar-refractivity contribution is 7.89. The molecule has 1 atom stereocenters. The molecule has 24 heavy (non-hydrogen) atoms. The molecule has 1 heterocycles. The fourth-order valence-electron chi connectivity index (χ4n) is 2.42. The number of hydrogen-bond acceptors (Lipinski definition) is 4. The van der Waals surface area contributed by atoms with Gasteiger partial charge in [-0.2, -0.15) is 5.10 Å². The van der Waals surface area contributed by atoms with Crippen LogP contribution in [0.25, 0.3) is 0 Å². The van der Waals surface area contributed by atoms with Crippen molar-refractivity contribution in [1.29, 1.82) is 0 Å². The van der Waals surface area contributed by atoms with E-state index in [1.165, 1.54) is 10.9 Å². The summed E-state index contributed by atoms with van der Waals surface area (Å²) in [6, 6.07) is 8.87. The van der Waals surface area contributed by atoms with Crippen LogP contribution in [0, 0.1) is 6.92 Å². The lowest BCUT2D eigenvalue weighted by molar-refractivity contribution is -0.137. The Hall–Kier alpha value is -2.19. The number of hydrogen-bond donors (Lipinski definition) is 2. The molecule has 0 aliphatic heterocycles. The van der Waals surface area contributed by atoms with Gasteiger partial charge in [-0.1, -0.05) is 30.3 Å². The molecule has 0 fully saturated rings. The molecule has 0 saturated heterocycles. The zero-order valence-electron chi connectivity index (χ0n) is 13.6. The minimum absolute atomic E-state index is 0.105. The summed E-state index contributed by atoms with van der Waals surface area (Å²) in [7, 11) is -2.10. The molecule has 1 aromatic heterocycles. The van der Waals surface area contributed by atoms with Gasteiger partial charge in [-0.05, 0) is 25.3 Å². The summed E-state index contributed by atoms with van der Waals surface area (Å²) in [5.41, 5.74) is 1.47. The molecule has 2 rings (SSSR count). The highest BCUT2D eigenvalue weighted by Crippen LogP contribution is 2.16. The maximum Gasteiger partial charge on any atom is 0.303 e. The number of rotatable bonds is 8. The van der Waals surface area contributed by atoms with Crippen LogP contribution >= 0.6 is 0 Å². The number of nitrogens with zero attached hydrogens (tertiary/aromatic N) is 2. The van der Waals surface area contributed by atoms with Crippen LogP contribution in [0.15, 0.2) is 41.4 Å². The lowest BCUT2D eigenvalue weighted by Crippen LogP contribution is -2.37. The highest BCUT2D eigenvalue weighted by Gasteiger charge is 2.24. The largest absolute Gasteiger partial charge is 0.481 e. The van der Waals surface area contributed by atoms with Crippen molar-refractivity contribution in [2.24, 2.45) is 7.05 Å². The summed E-state index contributed by atoms with van der Waals surface area (Å²) in [5.74, 6) is -0.954. The van der Waals surface area contributed by atoms with E-state index in [-0.39, 0.29) is 17.7 Å². The van der Waals surface area contributed by atoms with Gasteiger partial charge in [0.05, 0.1) is 11.9 Å². The number of nitrogens with one attached hydrogen (secondary N) is 1. The molecule has 2 aromatic rings. The molecule has 130 valence electrons. The van der Waals surface area contributed by atoms with E-state index >= 15 is 0 Å². The van der Waals surface area contributed by atoms with Crippen LogP contribution in [0.5, 0.6) is 0 Å². The monoisotopic (exact) mass is 351 g/mol. The van der Waals surface area contributed by atoms with Crippen LogP contribution in [-0.4, -0.2) is 35.3 Å². The Balaban J connectivity index is 2.20. The summed E-state index contributed by atoms with van der Waals surface area (Å²) in [6.07, 6.45) is 1.83. The van der Waals surface area contributed by atoms with Crippen molar-refractivity contribution in [3.8, 4) is 0 Å². The van der Waals surface area contributed by atoms with Gasteiger partial charge in [0.1, 0.15) is 4.90 Å². The maximum absolute atomic E-state index is 12.6. The topological polar surface area (TPSA) is 101 Å². The Bertz CT molecular complexity index is 800. The molecule has 0 bridgehead atoms. The van der Waals surface area contributed by atoms with Crippen molar-refractivity contribution in [2.45, 2.75) is 37.1 Å². The summed E-state index contributed by atoms with van der Waals surface area (Å²) >= 11 is 0. The first-order valence-corrected chi connectivity index (χ1v) is 9.04. The van der Waals surface area contributed by atoms with Gasteiger partial charge in [0, 0.05) is 19.5 Å². The summed E-state index contributed by atoms with van der Waals surface area (Å²) in [6.45, 7) is 1.67. The molecule has 0 saturated carbocycles. The van der Waals surface area contributed by atoms with E-state index < -0.39 is 22.0 Å². The lowest BCUT2D eigenvalue weighted by atomic mass is 10.0. The summed E-state index contributed by atoms with van der Waals surface area (Å²) < 4.78 is 29.3. The number of aliphatic carboxylic acids is 1. The number of sulfonamides is 1. The smallest absolute Gasteiger partial charge is 0.303 e. The van der Waals surface area contributed by atoms with E-state index in [1.807, 2.05) is 30.3 Å². The number of carboxylic acid groups (broad SMARTS) is 1. The predicted octanol–water partition coefficient (Wildman–Crippen LogP) is 1.48. The minimum Gasteiger partial charge on any atom is -0.481 e. The first kappa shape index (κ1) is 18.2. The fourth-order valence-corrected chi connectivity index (χ4v) is 3.90.